The number of aromatic nitrogens is 3. The van der Waals surface area contributed by atoms with Crippen molar-refractivity contribution in [3.05, 3.63) is 54.9 Å². The van der Waals surface area contributed by atoms with Crippen LogP contribution in [0.3, 0.4) is 0 Å². The lowest BCUT2D eigenvalue weighted by atomic mass is 10.2. The van der Waals surface area contributed by atoms with Crippen molar-refractivity contribution in [2.75, 3.05) is 10.6 Å². The van der Waals surface area contributed by atoms with Crippen molar-refractivity contribution in [3.8, 4) is 17.0 Å². The first-order valence-corrected chi connectivity index (χ1v) is 8.53. The van der Waals surface area contributed by atoms with E-state index >= 15 is 0 Å². The van der Waals surface area contributed by atoms with Crippen molar-refractivity contribution in [2.45, 2.75) is 25.5 Å². The molecule has 3 aromatic rings. The SMILES string of the molecule is FC(F)Oc1ccc(Nc2cc(-c3cccnc3)nc(NC3CC3)n2)cc1. The van der Waals surface area contributed by atoms with Gasteiger partial charge in [-0.05, 0) is 49.2 Å². The van der Waals surface area contributed by atoms with Crippen molar-refractivity contribution < 1.29 is 13.5 Å². The number of rotatable bonds is 7. The molecule has 6 nitrogen and oxygen atoms in total. The van der Waals surface area contributed by atoms with Crippen molar-refractivity contribution in [1.82, 2.24) is 15.0 Å². The van der Waals surface area contributed by atoms with Gasteiger partial charge in [0.1, 0.15) is 11.6 Å². The first kappa shape index (κ1) is 17.1. The third-order valence-corrected chi connectivity index (χ3v) is 3.95. The summed E-state index contributed by atoms with van der Waals surface area (Å²) in [5.74, 6) is 1.24. The second kappa shape index (κ2) is 7.53. The molecule has 0 amide bonds. The number of anilines is 3. The molecular formula is C19H17F2N5O. The Kier molecular flexibility index (Phi) is 4.78. The third-order valence-electron chi connectivity index (χ3n) is 3.95. The molecule has 0 saturated heterocycles. The second-order valence-electron chi connectivity index (χ2n) is 6.15. The number of hydrogen-bond donors (Lipinski definition) is 2. The van der Waals surface area contributed by atoms with Crippen LogP contribution in [0.2, 0.25) is 0 Å². The minimum atomic E-state index is -2.84. The molecule has 0 spiro atoms. The van der Waals surface area contributed by atoms with Crippen LogP contribution in [0.4, 0.5) is 26.2 Å². The van der Waals surface area contributed by atoms with Gasteiger partial charge in [-0.15, -0.1) is 0 Å². The molecule has 2 N–H and O–H groups in total. The van der Waals surface area contributed by atoms with E-state index in [1.807, 2.05) is 18.2 Å². The highest BCUT2D eigenvalue weighted by Crippen LogP contribution is 2.27. The minimum absolute atomic E-state index is 0.102. The number of nitrogens with zero attached hydrogens (tertiary/aromatic N) is 3. The highest BCUT2D eigenvalue weighted by atomic mass is 19.3. The summed E-state index contributed by atoms with van der Waals surface area (Å²) in [5, 5.41) is 6.47. The number of benzene rings is 1. The van der Waals surface area contributed by atoms with E-state index in [2.05, 4.69) is 30.3 Å². The molecule has 0 radical (unpaired) electrons. The van der Waals surface area contributed by atoms with Gasteiger partial charge in [-0.25, -0.2) is 4.98 Å². The molecule has 138 valence electrons. The number of pyridine rings is 1. The van der Waals surface area contributed by atoms with Crippen molar-refractivity contribution in [1.29, 1.82) is 0 Å². The van der Waals surface area contributed by atoms with Crippen molar-refractivity contribution in [3.63, 3.8) is 0 Å². The van der Waals surface area contributed by atoms with E-state index in [4.69, 9.17) is 0 Å². The second-order valence-corrected chi connectivity index (χ2v) is 6.15. The molecule has 0 unspecified atom stereocenters. The van der Waals surface area contributed by atoms with Gasteiger partial charge in [0, 0.05) is 35.8 Å². The van der Waals surface area contributed by atoms with E-state index < -0.39 is 6.61 Å². The number of alkyl halides is 2. The van der Waals surface area contributed by atoms with E-state index in [0.717, 1.165) is 24.1 Å². The number of hydrogen-bond acceptors (Lipinski definition) is 6. The Morgan fingerprint density at radius 3 is 2.56 bits per heavy atom. The lowest BCUT2D eigenvalue weighted by Gasteiger charge is -2.11. The normalized spacial score (nSPS) is 13.4. The number of nitrogens with one attached hydrogen (secondary N) is 2. The van der Waals surface area contributed by atoms with Gasteiger partial charge in [-0.3, -0.25) is 4.98 Å². The van der Waals surface area contributed by atoms with Gasteiger partial charge in [0.05, 0.1) is 5.69 Å². The summed E-state index contributed by atoms with van der Waals surface area (Å²) in [6.07, 6.45) is 5.66. The fraction of sp³-hybridized carbons (Fsp3) is 0.211. The van der Waals surface area contributed by atoms with Gasteiger partial charge in [0.15, 0.2) is 0 Å². The van der Waals surface area contributed by atoms with Crippen LogP contribution < -0.4 is 15.4 Å². The van der Waals surface area contributed by atoms with Gasteiger partial charge < -0.3 is 15.4 Å². The van der Waals surface area contributed by atoms with Gasteiger partial charge in [0.2, 0.25) is 5.95 Å². The maximum atomic E-state index is 12.3. The largest absolute Gasteiger partial charge is 0.435 e. The standard InChI is InChI=1S/C19H17F2N5O/c20-18(21)27-15-7-5-13(6-8-15)23-17-10-16(12-2-1-9-22-11-12)25-19(26-17)24-14-3-4-14/h1-2,5-11,14,18H,3-4H2,(H2,23,24,25,26). The fourth-order valence-corrected chi connectivity index (χ4v) is 2.52. The summed E-state index contributed by atoms with van der Waals surface area (Å²) in [5.41, 5.74) is 2.31. The average Bonchev–Trinajstić information content (AvgIpc) is 3.47. The Morgan fingerprint density at radius 1 is 1.07 bits per heavy atom. The van der Waals surface area contributed by atoms with Crippen LogP contribution in [0.15, 0.2) is 54.9 Å². The Balaban J connectivity index is 1.59. The highest BCUT2D eigenvalue weighted by molar-refractivity contribution is 5.67. The van der Waals surface area contributed by atoms with E-state index in [0.29, 0.717) is 23.5 Å². The molecule has 1 aliphatic rings. The molecule has 1 saturated carbocycles. The van der Waals surface area contributed by atoms with E-state index in [1.165, 1.54) is 12.1 Å². The van der Waals surface area contributed by atoms with Gasteiger partial charge in [-0.2, -0.15) is 13.8 Å². The molecule has 8 heteroatoms. The molecule has 2 heterocycles. The topological polar surface area (TPSA) is 72.0 Å². The first-order valence-electron chi connectivity index (χ1n) is 8.53. The first-order chi connectivity index (χ1) is 13.2. The van der Waals surface area contributed by atoms with Crippen molar-refractivity contribution >= 4 is 17.5 Å². The van der Waals surface area contributed by atoms with Gasteiger partial charge in [0.25, 0.3) is 0 Å². The smallest absolute Gasteiger partial charge is 0.387 e. The third kappa shape index (κ3) is 4.66. The zero-order valence-corrected chi connectivity index (χ0v) is 14.3. The van der Waals surface area contributed by atoms with Crippen LogP contribution in [0, 0.1) is 0 Å². The number of halogens is 2. The van der Waals surface area contributed by atoms with Gasteiger partial charge >= 0.3 is 6.61 Å². The maximum Gasteiger partial charge on any atom is 0.387 e. The van der Waals surface area contributed by atoms with E-state index in [9.17, 15) is 8.78 Å². The van der Waals surface area contributed by atoms with E-state index in [-0.39, 0.29) is 5.75 Å². The maximum absolute atomic E-state index is 12.3. The van der Waals surface area contributed by atoms with Crippen LogP contribution in [-0.4, -0.2) is 27.6 Å². The molecule has 0 atom stereocenters. The van der Waals surface area contributed by atoms with Crippen molar-refractivity contribution in [2.24, 2.45) is 0 Å². The molecular weight excluding hydrogens is 352 g/mol. The summed E-state index contributed by atoms with van der Waals surface area (Å²) in [6, 6.07) is 12.2. The summed E-state index contributed by atoms with van der Waals surface area (Å²) in [6.45, 7) is -2.84. The van der Waals surface area contributed by atoms with Crippen LogP contribution in [0.25, 0.3) is 11.3 Å². The van der Waals surface area contributed by atoms with Crippen LogP contribution in [0.5, 0.6) is 5.75 Å². The average molecular weight is 369 g/mol. The zero-order chi connectivity index (χ0) is 18.6. The molecule has 27 heavy (non-hydrogen) atoms. The predicted octanol–water partition coefficient (Wildman–Crippen LogP) is 4.46. The fourth-order valence-electron chi connectivity index (χ4n) is 2.52. The lowest BCUT2D eigenvalue weighted by Crippen LogP contribution is -2.08. The molecule has 0 aliphatic heterocycles. The summed E-state index contributed by atoms with van der Waals surface area (Å²) < 4.78 is 28.9. The molecule has 1 aromatic carbocycles. The highest BCUT2D eigenvalue weighted by Gasteiger charge is 2.22. The van der Waals surface area contributed by atoms with Crippen LogP contribution in [0.1, 0.15) is 12.8 Å². The van der Waals surface area contributed by atoms with E-state index in [1.54, 1.807) is 24.5 Å². The van der Waals surface area contributed by atoms with Crippen LogP contribution in [-0.2, 0) is 0 Å². The van der Waals surface area contributed by atoms with Gasteiger partial charge in [-0.1, -0.05) is 0 Å². The molecule has 1 fully saturated rings. The predicted molar refractivity (Wildman–Crippen MR) is 98.3 cm³/mol. The Labute approximate surface area is 154 Å². The molecule has 0 bridgehead atoms. The summed E-state index contributed by atoms with van der Waals surface area (Å²) in [4.78, 5) is 13.2. The zero-order valence-electron chi connectivity index (χ0n) is 14.3. The summed E-state index contributed by atoms with van der Waals surface area (Å²) >= 11 is 0. The Morgan fingerprint density at radius 2 is 1.89 bits per heavy atom. The lowest BCUT2D eigenvalue weighted by molar-refractivity contribution is -0.0498. The Hall–Kier alpha value is -3.29. The van der Waals surface area contributed by atoms with Crippen LogP contribution >= 0.6 is 0 Å². The molecule has 2 aromatic heterocycles. The summed E-state index contributed by atoms with van der Waals surface area (Å²) in [7, 11) is 0. The number of ether oxygens (including phenoxy) is 1. The quantitative estimate of drug-likeness (QED) is 0.641. The monoisotopic (exact) mass is 369 g/mol. The molecule has 4 rings (SSSR count). The Bertz CT molecular complexity index is 902. The molecule has 1 aliphatic carbocycles. The minimum Gasteiger partial charge on any atom is -0.435 e.